The van der Waals surface area contributed by atoms with E-state index in [1.165, 1.54) is 0 Å². The van der Waals surface area contributed by atoms with Crippen LogP contribution in [0.4, 0.5) is 0 Å². The molecule has 0 radical (unpaired) electrons. The fourth-order valence-corrected chi connectivity index (χ4v) is 0.932. The molecule has 2 aromatic rings. The van der Waals surface area contributed by atoms with Gasteiger partial charge in [0.25, 0.3) is 0 Å². The molecule has 0 amide bonds. The minimum atomic E-state index is 0.602. The summed E-state index contributed by atoms with van der Waals surface area (Å²) in [5.74, 6) is 0.602. The minimum absolute atomic E-state index is 0.602. The number of aryl methyl sites for hydroxylation is 1. The van der Waals surface area contributed by atoms with Crippen LogP contribution in [0.5, 0.6) is 0 Å². The summed E-state index contributed by atoms with van der Waals surface area (Å²) in [4.78, 5) is 8.10. The van der Waals surface area contributed by atoms with E-state index in [-0.39, 0.29) is 0 Å². The summed E-state index contributed by atoms with van der Waals surface area (Å²) >= 11 is 0. The van der Waals surface area contributed by atoms with E-state index in [1.54, 1.807) is 29.3 Å². The molecule has 0 fully saturated rings. The maximum atomic E-state index is 4.08. The highest BCUT2D eigenvalue weighted by molar-refractivity contribution is 5.11. The van der Waals surface area contributed by atoms with E-state index < -0.39 is 0 Å². The molecule has 0 saturated carbocycles. The van der Waals surface area contributed by atoms with Crippen molar-refractivity contribution in [2.45, 2.75) is 34.6 Å². The summed E-state index contributed by atoms with van der Waals surface area (Å²) in [5.41, 5.74) is 1.10. The Morgan fingerprint density at radius 2 is 1.56 bits per heavy atom. The van der Waals surface area contributed by atoms with Gasteiger partial charge in [-0.3, -0.25) is 0 Å². The normalized spacial score (nSPS) is 8.31. The van der Waals surface area contributed by atoms with E-state index in [0.29, 0.717) is 5.95 Å². The summed E-state index contributed by atoms with van der Waals surface area (Å²) < 4.78 is 1.65. The predicted molar refractivity (Wildman–Crippen MR) is 66.6 cm³/mol. The topological polar surface area (TPSA) is 43.6 Å². The first-order valence-electron chi connectivity index (χ1n) is 5.65. The average molecular weight is 220 g/mol. The molecule has 0 bridgehead atoms. The van der Waals surface area contributed by atoms with Crippen LogP contribution in [-0.4, -0.2) is 19.7 Å². The van der Waals surface area contributed by atoms with E-state index in [4.69, 9.17) is 0 Å². The number of hydrogen-bond acceptors (Lipinski definition) is 3. The zero-order chi connectivity index (χ0) is 12.4. The summed E-state index contributed by atoms with van der Waals surface area (Å²) in [6.45, 7) is 9.98. The summed E-state index contributed by atoms with van der Waals surface area (Å²) in [6.07, 6.45) is 7.05. The van der Waals surface area contributed by atoms with Gasteiger partial charge in [-0.25, -0.2) is 14.6 Å². The molecule has 0 spiro atoms. The molecule has 0 atom stereocenters. The lowest BCUT2D eigenvalue weighted by Gasteiger charge is -1.95. The number of rotatable bonds is 1. The molecule has 88 valence electrons. The zero-order valence-corrected chi connectivity index (χ0v) is 10.7. The molecule has 0 aromatic carbocycles. The van der Waals surface area contributed by atoms with Crippen molar-refractivity contribution in [3.8, 4) is 5.95 Å². The predicted octanol–water partition coefficient (Wildman–Crippen LogP) is 3.02. The van der Waals surface area contributed by atoms with Crippen LogP contribution in [0.25, 0.3) is 5.95 Å². The van der Waals surface area contributed by atoms with Gasteiger partial charge in [0, 0.05) is 18.6 Å². The molecule has 0 saturated heterocycles. The van der Waals surface area contributed by atoms with Crippen LogP contribution in [0.2, 0.25) is 0 Å². The number of aromatic nitrogens is 4. The van der Waals surface area contributed by atoms with E-state index in [1.807, 2.05) is 40.8 Å². The lowest BCUT2D eigenvalue weighted by molar-refractivity contribution is 0.807. The highest BCUT2D eigenvalue weighted by atomic mass is 15.3. The first-order chi connectivity index (χ1) is 7.86. The van der Waals surface area contributed by atoms with Crippen molar-refractivity contribution in [3.63, 3.8) is 0 Å². The summed E-state index contributed by atoms with van der Waals surface area (Å²) in [6, 6.07) is 1.78. The highest BCUT2D eigenvalue weighted by Crippen LogP contribution is 1.99. The van der Waals surface area contributed by atoms with Crippen LogP contribution in [0, 0.1) is 6.92 Å². The van der Waals surface area contributed by atoms with Crippen molar-refractivity contribution in [3.05, 3.63) is 36.4 Å². The fraction of sp³-hybridized carbons (Fsp3) is 0.417. The van der Waals surface area contributed by atoms with Crippen molar-refractivity contribution in [1.29, 1.82) is 0 Å². The molecule has 2 heterocycles. The van der Waals surface area contributed by atoms with Crippen molar-refractivity contribution in [2.24, 2.45) is 0 Å². The molecule has 2 aromatic heterocycles. The second kappa shape index (κ2) is 8.59. The SMILES string of the molecule is CC.CC.Cc1cnn(-c2ncccn2)c1. The molecule has 0 unspecified atom stereocenters. The van der Waals surface area contributed by atoms with Gasteiger partial charge in [0.1, 0.15) is 0 Å². The Kier molecular flexibility index (Phi) is 7.67. The van der Waals surface area contributed by atoms with Crippen LogP contribution in [0.3, 0.4) is 0 Å². The summed E-state index contributed by atoms with van der Waals surface area (Å²) in [7, 11) is 0. The van der Waals surface area contributed by atoms with Crippen LogP contribution < -0.4 is 0 Å². The summed E-state index contributed by atoms with van der Waals surface area (Å²) in [5, 5.41) is 4.08. The Morgan fingerprint density at radius 1 is 1.00 bits per heavy atom. The monoisotopic (exact) mass is 220 g/mol. The maximum absolute atomic E-state index is 4.08. The van der Waals surface area contributed by atoms with Crippen LogP contribution in [0.1, 0.15) is 33.3 Å². The van der Waals surface area contributed by atoms with Crippen molar-refractivity contribution in [1.82, 2.24) is 19.7 Å². The van der Waals surface area contributed by atoms with Gasteiger partial charge in [-0.1, -0.05) is 27.7 Å². The van der Waals surface area contributed by atoms with Gasteiger partial charge >= 0.3 is 0 Å². The van der Waals surface area contributed by atoms with Gasteiger partial charge in [0.15, 0.2) is 0 Å². The van der Waals surface area contributed by atoms with Gasteiger partial charge < -0.3 is 0 Å². The molecule has 16 heavy (non-hydrogen) atoms. The molecular formula is C12H20N4. The zero-order valence-electron chi connectivity index (χ0n) is 10.7. The number of hydrogen-bond donors (Lipinski definition) is 0. The molecule has 0 aliphatic carbocycles. The Morgan fingerprint density at radius 3 is 2.00 bits per heavy atom. The van der Waals surface area contributed by atoms with Gasteiger partial charge in [-0.2, -0.15) is 5.10 Å². The van der Waals surface area contributed by atoms with Crippen LogP contribution >= 0.6 is 0 Å². The van der Waals surface area contributed by atoms with Crippen LogP contribution in [-0.2, 0) is 0 Å². The Hall–Kier alpha value is -1.71. The Bertz CT molecular complexity index is 368. The smallest absolute Gasteiger partial charge is 0.220 e. The molecule has 0 aliphatic rings. The lowest BCUT2D eigenvalue weighted by atomic mass is 10.4. The van der Waals surface area contributed by atoms with Crippen molar-refractivity contribution in [2.75, 3.05) is 0 Å². The largest absolute Gasteiger partial charge is 0.250 e. The van der Waals surface area contributed by atoms with Crippen molar-refractivity contribution < 1.29 is 0 Å². The quantitative estimate of drug-likeness (QED) is 0.742. The lowest BCUT2D eigenvalue weighted by Crippen LogP contribution is -1.99. The van der Waals surface area contributed by atoms with E-state index in [0.717, 1.165) is 5.56 Å². The standard InChI is InChI=1S/C8H8N4.2C2H6/c1-7-5-11-12(6-7)8-9-3-2-4-10-8;2*1-2/h2-6H,1H3;2*1-2H3. The third-order valence-corrected chi connectivity index (χ3v) is 1.47. The molecular weight excluding hydrogens is 200 g/mol. The second-order valence-electron chi connectivity index (χ2n) is 2.51. The first kappa shape index (κ1) is 14.3. The minimum Gasteiger partial charge on any atom is -0.220 e. The molecule has 4 nitrogen and oxygen atoms in total. The third kappa shape index (κ3) is 4.21. The fourth-order valence-electron chi connectivity index (χ4n) is 0.932. The van der Waals surface area contributed by atoms with Gasteiger partial charge in [0.2, 0.25) is 5.95 Å². The molecule has 0 N–H and O–H groups in total. The third-order valence-electron chi connectivity index (χ3n) is 1.47. The van der Waals surface area contributed by atoms with Gasteiger partial charge in [-0.15, -0.1) is 0 Å². The van der Waals surface area contributed by atoms with Gasteiger partial charge in [0.05, 0.1) is 6.20 Å². The van der Waals surface area contributed by atoms with E-state index >= 15 is 0 Å². The maximum Gasteiger partial charge on any atom is 0.250 e. The van der Waals surface area contributed by atoms with Gasteiger partial charge in [-0.05, 0) is 18.6 Å². The molecule has 0 aliphatic heterocycles. The second-order valence-corrected chi connectivity index (χ2v) is 2.51. The average Bonchev–Trinajstić information content (AvgIpc) is 2.82. The van der Waals surface area contributed by atoms with Crippen LogP contribution in [0.15, 0.2) is 30.9 Å². The number of nitrogens with zero attached hydrogens (tertiary/aromatic N) is 4. The van der Waals surface area contributed by atoms with E-state index in [2.05, 4.69) is 15.1 Å². The first-order valence-corrected chi connectivity index (χ1v) is 5.65. The highest BCUT2D eigenvalue weighted by Gasteiger charge is 1.97. The Labute approximate surface area is 97.4 Å². The Balaban J connectivity index is 0.000000509. The van der Waals surface area contributed by atoms with Crippen molar-refractivity contribution >= 4 is 0 Å². The molecule has 2 rings (SSSR count). The molecule has 4 heteroatoms. The van der Waals surface area contributed by atoms with E-state index in [9.17, 15) is 0 Å².